The SMILES string of the molecule is O=[N+]([O-])CC(O)(Cc1ccccc1)C(F)(F)F. The van der Waals surface area contributed by atoms with Gasteiger partial charge in [0.1, 0.15) is 0 Å². The van der Waals surface area contributed by atoms with Gasteiger partial charge in [-0.1, -0.05) is 30.3 Å². The number of benzene rings is 1. The van der Waals surface area contributed by atoms with Crippen molar-refractivity contribution in [2.24, 2.45) is 0 Å². The van der Waals surface area contributed by atoms with Crippen LogP contribution in [-0.4, -0.2) is 28.4 Å². The number of nitro groups is 1. The van der Waals surface area contributed by atoms with Crippen molar-refractivity contribution in [2.75, 3.05) is 6.54 Å². The van der Waals surface area contributed by atoms with E-state index in [1.54, 1.807) is 6.07 Å². The number of halogens is 3. The molecule has 1 rings (SSSR count). The molecule has 0 aliphatic carbocycles. The minimum absolute atomic E-state index is 0.189. The van der Waals surface area contributed by atoms with E-state index in [1.165, 1.54) is 24.3 Å². The van der Waals surface area contributed by atoms with Crippen LogP contribution in [0, 0.1) is 10.1 Å². The second kappa shape index (κ2) is 4.70. The van der Waals surface area contributed by atoms with Crippen molar-refractivity contribution in [1.82, 2.24) is 0 Å². The fraction of sp³-hybridized carbons (Fsp3) is 0.400. The fourth-order valence-electron chi connectivity index (χ4n) is 1.39. The highest BCUT2D eigenvalue weighted by atomic mass is 19.4. The number of rotatable bonds is 4. The average molecular weight is 249 g/mol. The van der Waals surface area contributed by atoms with E-state index >= 15 is 0 Å². The van der Waals surface area contributed by atoms with Crippen LogP contribution in [0.1, 0.15) is 5.56 Å². The predicted molar refractivity (Wildman–Crippen MR) is 53.0 cm³/mol. The van der Waals surface area contributed by atoms with E-state index in [4.69, 9.17) is 0 Å². The molecule has 0 saturated carbocycles. The molecule has 4 nitrogen and oxygen atoms in total. The first-order valence-electron chi connectivity index (χ1n) is 4.69. The third-order valence-electron chi connectivity index (χ3n) is 2.26. The predicted octanol–water partition coefficient (Wildman–Crippen LogP) is 1.80. The zero-order chi connectivity index (χ0) is 13.1. The molecule has 0 aliphatic rings. The highest BCUT2D eigenvalue weighted by Gasteiger charge is 2.57. The monoisotopic (exact) mass is 249 g/mol. The van der Waals surface area contributed by atoms with E-state index in [1.807, 2.05) is 0 Å². The topological polar surface area (TPSA) is 63.4 Å². The van der Waals surface area contributed by atoms with E-state index < -0.39 is 29.7 Å². The van der Waals surface area contributed by atoms with Crippen molar-refractivity contribution in [3.63, 3.8) is 0 Å². The van der Waals surface area contributed by atoms with Crippen LogP contribution in [0.4, 0.5) is 13.2 Å². The van der Waals surface area contributed by atoms with Crippen LogP contribution in [0.5, 0.6) is 0 Å². The molecule has 0 saturated heterocycles. The van der Waals surface area contributed by atoms with Gasteiger partial charge in [-0.25, -0.2) is 0 Å². The van der Waals surface area contributed by atoms with E-state index in [0.717, 1.165) is 0 Å². The minimum Gasteiger partial charge on any atom is -0.375 e. The molecule has 0 amide bonds. The zero-order valence-corrected chi connectivity index (χ0v) is 8.65. The maximum atomic E-state index is 12.6. The smallest absolute Gasteiger partial charge is 0.375 e. The van der Waals surface area contributed by atoms with Crippen molar-refractivity contribution in [3.8, 4) is 0 Å². The standard InChI is InChI=1S/C10H10F3NO3/c11-10(12,13)9(15,7-14(16)17)6-8-4-2-1-3-5-8/h1-5,15H,6-7H2. The molecule has 1 N–H and O–H groups in total. The van der Waals surface area contributed by atoms with Gasteiger partial charge in [-0.15, -0.1) is 0 Å². The molecule has 0 fully saturated rings. The molecule has 94 valence electrons. The van der Waals surface area contributed by atoms with Gasteiger partial charge in [-0.05, 0) is 5.56 Å². The first-order valence-corrected chi connectivity index (χ1v) is 4.69. The molecular weight excluding hydrogens is 239 g/mol. The summed E-state index contributed by atoms with van der Waals surface area (Å²) in [5.74, 6) is 0. The van der Waals surface area contributed by atoms with Crippen LogP contribution in [0.2, 0.25) is 0 Å². The van der Waals surface area contributed by atoms with Gasteiger partial charge in [-0.2, -0.15) is 13.2 Å². The summed E-state index contributed by atoms with van der Waals surface area (Å²) in [5.41, 5.74) is -3.15. The second-order valence-corrected chi connectivity index (χ2v) is 3.68. The van der Waals surface area contributed by atoms with Crippen LogP contribution in [-0.2, 0) is 6.42 Å². The summed E-state index contributed by atoms with van der Waals surface area (Å²) in [6, 6.07) is 7.34. The number of hydrogen-bond acceptors (Lipinski definition) is 3. The molecule has 17 heavy (non-hydrogen) atoms. The summed E-state index contributed by atoms with van der Waals surface area (Å²) in [4.78, 5) is 9.03. The van der Waals surface area contributed by atoms with Gasteiger partial charge in [0, 0.05) is 11.3 Å². The number of nitrogens with zero attached hydrogens (tertiary/aromatic N) is 1. The number of alkyl halides is 3. The van der Waals surface area contributed by atoms with Crippen molar-refractivity contribution >= 4 is 0 Å². The van der Waals surface area contributed by atoms with Crippen molar-refractivity contribution < 1.29 is 23.2 Å². The Morgan fingerprint density at radius 3 is 2.18 bits per heavy atom. The normalized spacial score (nSPS) is 15.3. The molecule has 0 bridgehead atoms. The van der Waals surface area contributed by atoms with Gasteiger partial charge in [0.2, 0.25) is 12.1 Å². The number of aliphatic hydroxyl groups is 1. The minimum atomic E-state index is -5.05. The van der Waals surface area contributed by atoms with Crippen LogP contribution in [0.25, 0.3) is 0 Å². The molecule has 0 radical (unpaired) electrons. The molecule has 0 spiro atoms. The van der Waals surface area contributed by atoms with Crippen molar-refractivity contribution in [2.45, 2.75) is 18.2 Å². The Kier molecular flexibility index (Phi) is 3.72. The molecule has 1 aromatic carbocycles. The average Bonchev–Trinajstić information content (AvgIpc) is 2.15. The van der Waals surface area contributed by atoms with E-state index in [2.05, 4.69) is 0 Å². The first kappa shape index (κ1) is 13.4. The van der Waals surface area contributed by atoms with Crippen LogP contribution >= 0.6 is 0 Å². The Bertz CT molecular complexity index is 394. The van der Waals surface area contributed by atoms with Gasteiger partial charge in [0.15, 0.2) is 0 Å². The van der Waals surface area contributed by atoms with Crippen molar-refractivity contribution in [1.29, 1.82) is 0 Å². The molecule has 1 atom stereocenters. The van der Waals surface area contributed by atoms with Crippen LogP contribution in [0.15, 0.2) is 30.3 Å². The molecule has 0 aliphatic heterocycles. The van der Waals surface area contributed by atoms with E-state index in [0.29, 0.717) is 0 Å². The molecule has 0 aromatic heterocycles. The zero-order valence-electron chi connectivity index (χ0n) is 8.65. The highest BCUT2D eigenvalue weighted by Crippen LogP contribution is 2.33. The summed E-state index contributed by atoms with van der Waals surface area (Å²) in [6.07, 6.45) is -5.88. The van der Waals surface area contributed by atoms with Crippen LogP contribution in [0.3, 0.4) is 0 Å². The van der Waals surface area contributed by atoms with Gasteiger partial charge >= 0.3 is 6.18 Å². The maximum Gasteiger partial charge on any atom is 0.424 e. The fourth-order valence-corrected chi connectivity index (χ4v) is 1.39. The van der Waals surface area contributed by atoms with Gasteiger partial charge < -0.3 is 5.11 Å². The molecule has 0 heterocycles. The quantitative estimate of drug-likeness (QED) is 0.653. The van der Waals surface area contributed by atoms with E-state index in [-0.39, 0.29) is 5.56 Å². The Balaban J connectivity index is 2.96. The number of hydrogen-bond donors (Lipinski definition) is 1. The summed E-state index contributed by atoms with van der Waals surface area (Å²) in [6.45, 7) is -1.56. The summed E-state index contributed by atoms with van der Waals surface area (Å²) < 4.78 is 37.8. The Hall–Kier alpha value is -1.63. The third-order valence-corrected chi connectivity index (χ3v) is 2.26. The third kappa shape index (κ3) is 3.42. The van der Waals surface area contributed by atoms with E-state index in [9.17, 15) is 28.4 Å². The first-order chi connectivity index (χ1) is 7.74. The van der Waals surface area contributed by atoms with Gasteiger partial charge in [0.05, 0.1) is 0 Å². The second-order valence-electron chi connectivity index (χ2n) is 3.68. The lowest BCUT2D eigenvalue weighted by atomic mass is 9.94. The largest absolute Gasteiger partial charge is 0.424 e. The highest BCUT2D eigenvalue weighted by molar-refractivity contribution is 5.17. The molecular formula is C10H10F3NO3. The Morgan fingerprint density at radius 1 is 1.24 bits per heavy atom. The molecule has 7 heteroatoms. The van der Waals surface area contributed by atoms with Gasteiger partial charge in [0.25, 0.3) is 0 Å². The summed E-state index contributed by atoms with van der Waals surface area (Å²) in [7, 11) is 0. The molecule has 1 unspecified atom stereocenters. The summed E-state index contributed by atoms with van der Waals surface area (Å²) in [5, 5.41) is 19.6. The van der Waals surface area contributed by atoms with Crippen LogP contribution < -0.4 is 0 Å². The lowest BCUT2D eigenvalue weighted by Gasteiger charge is -2.26. The van der Waals surface area contributed by atoms with Crippen molar-refractivity contribution in [3.05, 3.63) is 46.0 Å². The summed E-state index contributed by atoms with van der Waals surface area (Å²) >= 11 is 0. The lowest BCUT2D eigenvalue weighted by Crippen LogP contribution is -2.52. The Morgan fingerprint density at radius 2 is 1.76 bits per heavy atom. The lowest BCUT2D eigenvalue weighted by molar-refractivity contribution is -0.515. The van der Waals surface area contributed by atoms with Gasteiger partial charge in [-0.3, -0.25) is 10.1 Å². The Labute approximate surface area is 94.8 Å². The molecule has 1 aromatic rings. The maximum absolute atomic E-state index is 12.6.